The van der Waals surface area contributed by atoms with Gasteiger partial charge in [-0.3, -0.25) is 14.4 Å². The lowest BCUT2D eigenvalue weighted by Crippen LogP contribution is -2.37. The van der Waals surface area contributed by atoms with Crippen LogP contribution in [0.25, 0.3) is 0 Å². The monoisotopic (exact) mass is 336 g/mol. The fourth-order valence-corrected chi connectivity index (χ4v) is 3.11. The number of carbonyl (C=O) groups excluding carboxylic acids is 3. The largest absolute Gasteiger partial charge is 0.341 e. The summed E-state index contributed by atoms with van der Waals surface area (Å²) < 4.78 is 0. The van der Waals surface area contributed by atoms with E-state index < -0.39 is 6.04 Å². The smallest absolute Gasteiger partial charge is 0.254 e. The molecule has 5 heteroatoms. The van der Waals surface area contributed by atoms with Crippen LogP contribution in [0.2, 0.25) is 0 Å². The van der Waals surface area contributed by atoms with E-state index in [0.717, 1.165) is 16.8 Å². The molecule has 1 aliphatic heterocycles. The normalized spacial score (nSPS) is 15.8. The van der Waals surface area contributed by atoms with Gasteiger partial charge >= 0.3 is 0 Å². The average molecular weight is 336 g/mol. The molecule has 0 bridgehead atoms. The van der Waals surface area contributed by atoms with Crippen LogP contribution in [0.4, 0.5) is 5.69 Å². The highest BCUT2D eigenvalue weighted by atomic mass is 16.2. The number of anilines is 1. The maximum absolute atomic E-state index is 12.8. The molecule has 5 nitrogen and oxygen atoms in total. The Morgan fingerprint density at radius 2 is 1.84 bits per heavy atom. The minimum atomic E-state index is -0.681. The van der Waals surface area contributed by atoms with Crippen LogP contribution in [0.3, 0.4) is 0 Å². The third-order valence-electron chi connectivity index (χ3n) is 4.30. The van der Waals surface area contributed by atoms with Crippen molar-refractivity contribution in [1.82, 2.24) is 5.32 Å². The van der Waals surface area contributed by atoms with Gasteiger partial charge in [0, 0.05) is 36.7 Å². The molecule has 2 aromatic rings. The first-order valence-electron chi connectivity index (χ1n) is 8.24. The molecular weight excluding hydrogens is 316 g/mol. The fourth-order valence-electron chi connectivity index (χ4n) is 3.11. The van der Waals surface area contributed by atoms with Crippen molar-refractivity contribution in [2.45, 2.75) is 26.3 Å². The molecule has 128 valence electrons. The number of nitrogens with zero attached hydrogens (tertiary/aromatic N) is 1. The fraction of sp³-hybridized carbons (Fsp3) is 0.250. The van der Waals surface area contributed by atoms with E-state index >= 15 is 0 Å². The van der Waals surface area contributed by atoms with E-state index in [0.29, 0.717) is 12.1 Å². The van der Waals surface area contributed by atoms with Crippen LogP contribution in [-0.4, -0.2) is 24.1 Å². The third-order valence-corrected chi connectivity index (χ3v) is 4.30. The molecule has 1 aliphatic rings. The van der Waals surface area contributed by atoms with Crippen molar-refractivity contribution in [3.05, 3.63) is 65.2 Å². The van der Waals surface area contributed by atoms with Gasteiger partial charge in [0.05, 0.1) is 0 Å². The summed E-state index contributed by atoms with van der Waals surface area (Å²) in [6, 6.07) is 14.1. The summed E-state index contributed by atoms with van der Waals surface area (Å²) in [6.07, 6.45) is 0.232. The van der Waals surface area contributed by atoms with Gasteiger partial charge in [0.1, 0.15) is 6.04 Å². The number of carbonyl (C=O) groups is 3. The van der Waals surface area contributed by atoms with Gasteiger partial charge in [-0.1, -0.05) is 48.0 Å². The van der Waals surface area contributed by atoms with Gasteiger partial charge in [-0.15, -0.1) is 0 Å². The van der Waals surface area contributed by atoms with Crippen LogP contribution >= 0.6 is 0 Å². The zero-order valence-electron chi connectivity index (χ0n) is 14.3. The third kappa shape index (κ3) is 3.45. The summed E-state index contributed by atoms with van der Waals surface area (Å²) in [5, 5.41) is 2.71. The summed E-state index contributed by atoms with van der Waals surface area (Å²) in [4.78, 5) is 38.1. The Morgan fingerprint density at radius 1 is 1.12 bits per heavy atom. The van der Waals surface area contributed by atoms with Crippen molar-refractivity contribution in [3.8, 4) is 0 Å². The highest BCUT2D eigenvalue weighted by molar-refractivity contribution is 6.07. The van der Waals surface area contributed by atoms with E-state index in [-0.39, 0.29) is 24.0 Å². The van der Waals surface area contributed by atoms with Crippen LogP contribution < -0.4 is 10.2 Å². The zero-order valence-corrected chi connectivity index (χ0v) is 14.3. The summed E-state index contributed by atoms with van der Waals surface area (Å²) in [6.45, 7) is 3.63. The summed E-state index contributed by atoms with van der Waals surface area (Å²) >= 11 is 0. The predicted octanol–water partition coefficient (Wildman–Crippen LogP) is 2.79. The molecule has 1 N–H and O–H groups in total. The van der Waals surface area contributed by atoms with Gasteiger partial charge in [0.2, 0.25) is 5.91 Å². The van der Waals surface area contributed by atoms with E-state index in [1.165, 1.54) is 6.92 Å². The topological polar surface area (TPSA) is 66.5 Å². The number of ketones is 1. The molecule has 0 aromatic heterocycles. The van der Waals surface area contributed by atoms with Crippen molar-refractivity contribution >= 4 is 23.3 Å². The molecule has 0 saturated heterocycles. The average Bonchev–Trinajstić information content (AvgIpc) is 2.84. The quantitative estimate of drug-likeness (QED) is 0.854. The number of hydrogen-bond donors (Lipinski definition) is 1. The van der Waals surface area contributed by atoms with Crippen molar-refractivity contribution < 1.29 is 14.4 Å². The van der Waals surface area contributed by atoms with E-state index in [9.17, 15) is 14.4 Å². The Kier molecular flexibility index (Phi) is 4.65. The Bertz CT molecular complexity index is 830. The standard InChI is InChI=1S/C20H20N2O3/c1-13-8-9-17-16(12-13)19(21-14(2)23)20(25)22(17)11-10-18(24)15-6-4-3-5-7-15/h3-9,12,19H,10-11H2,1-2H3,(H,21,23). The maximum atomic E-state index is 12.8. The number of rotatable bonds is 5. The zero-order chi connectivity index (χ0) is 18.0. The van der Waals surface area contributed by atoms with Gasteiger partial charge in [0.25, 0.3) is 5.91 Å². The van der Waals surface area contributed by atoms with Gasteiger partial charge in [-0.2, -0.15) is 0 Å². The minimum absolute atomic E-state index is 0.00922. The molecule has 3 rings (SSSR count). The van der Waals surface area contributed by atoms with Gasteiger partial charge in [0.15, 0.2) is 5.78 Å². The summed E-state index contributed by atoms with van der Waals surface area (Å²) in [7, 11) is 0. The van der Waals surface area contributed by atoms with Crippen LogP contribution in [-0.2, 0) is 9.59 Å². The first kappa shape index (κ1) is 16.9. The maximum Gasteiger partial charge on any atom is 0.254 e. The Hall–Kier alpha value is -2.95. The summed E-state index contributed by atoms with van der Waals surface area (Å²) in [5.74, 6) is -0.463. The van der Waals surface area contributed by atoms with E-state index in [2.05, 4.69) is 5.32 Å². The minimum Gasteiger partial charge on any atom is -0.341 e. The van der Waals surface area contributed by atoms with Gasteiger partial charge < -0.3 is 10.2 Å². The molecule has 1 heterocycles. The molecule has 0 radical (unpaired) electrons. The molecule has 0 saturated carbocycles. The number of amides is 2. The number of benzene rings is 2. The van der Waals surface area contributed by atoms with Gasteiger partial charge in [-0.25, -0.2) is 0 Å². The lowest BCUT2D eigenvalue weighted by molar-refractivity contribution is -0.126. The van der Waals surface area contributed by atoms with E-state index in [1.807, 2.05) is 43.3 Å². The highest BCUT2D eigenvalue weighted by Gasteiger charge is 2.37. The van der Waals surface area contributed by atoms with Gasteiger partial charge in [-0.05, 0) is 13.0 Å². The number of fused-ring (bicyclic) bond motifs is 1. The second kappa shape index (κ2) is 6.89. The molecule has 0 spiro atoms. The second-order valence-corrected chi connectivity index (χ2v) is 6.22. The molecule has 0 aliphatic carbocycles. The second-order valence-electron chi connectivity index (χ2n) is 6.22. The van der Waals surface area contributed by atoms with E-state index in [4.69, 9.17) is 0 Å². The van der Waals surface area contributed by atoms with E-state index in [1.54, 1.807) is 17.0 Å². The van der Waals surface area contributed by atoms with Crippen LogP contribution in [0.5, 0.6) is 0 Å². The van der Waals surface area contributed by atoms with Crippen molar-refractivity contribution in [2.75, 3.05) is 11.4 Å². The van der Waals surface area contributed by atoms with Crippen molar-refractivity contribution in [1.29, 1.82) is 0 Å². The number of Topliss-reactive ketones (excluding diaryl/α,β-unsaturated/α-hetero) is 1. The lowest BCUT2D eigenvalue weighted by Gasteiger charge is -2.17. The SMILES string of the molecule is CC(=O)NC1C(=O)N(CCC(=O)c2ccccc2)c2ccc(C)cc21. The molecule has 2 aromatic carbocycles. The predicted molar refractivity (Wildman–Crippen MR) is 95.5 cm³/mol. The summed E-state index contributed by atoms with van der Waals surface area (Å²) in [5.41, 5.74) is 3.20. The van der Waals surface area contributed by atoms with Crippen LogP contribution in [0.15, 0.2) is 48.5 Å². The van der Waals surface area contributed by atoms with Crippen LogP contribution in [0, 0.1) is 6.92 Å². The van der Waals surface area contributed by atoms with Crippen LogP contribution in [0.1, 0.15) is 40.9 Å². The molecule has 0 fully saturated rings. The number of hydrogen-bond acceptors (Lipinski definition) is 3. The van der Waals surface area contributed by atoms with Crippen molar-refractivity contribution in [3.63, 3.8) is 0 Å². The first-order chi connectivity index (χ1) is 12.0. The Morgan fingerprint density at radius 3 is 2.52 bits per heavy atom. The Labute approximate surface area is 146 Å². The molecule has 2 amide bonds. The molecule has 1 unspecified atom stereocenters. The Balaban J connectivity index is 1.81. The molecular formula is C20H20N2O3. The molecule has 25 heavy (non-hydrogen) atoms. The number of nitrogens with one attached hydrogen (secondary N) is 1. The van der Waals surface area contributed by atoms with Crippen molar-refractivity contribution in [2.24, 2.45) is 0 Å². The highest BCUT2D eigenvalue weighted by Crippen LogP contribution is 2.36. The number of aryl methyl sites for hydroxylation is 1. The first-order valence-corrected chi connectivity index (χ1v) is 8.24. The lowest BCUT2D eigenvalue weighted by atomic mass is 10.1. The molecule has 1 atom stereocenters.